The topological polar surface area (TPSA) is 61.4 Å². The highest BCUT2D eigenvalue weighted by atomic mass is 19.1. The Kier molecular flexibility index (Phi) is 6.93. The Labute approximate surface area is 169 Å². The van der Waals surface area contributed by atoms with Crippen LogP contribution in [0.3, 0.4) is 0 Å². The van der Waals surface area contributed by atoms with Crippen LogP contribution in [0.4, 0.5) is 14.5 Å². The Morgan fingerprint density at radius 1 is 1.10 bits per heavy atom. The van der Waals surface area contributed by atoms with Crippen molar-refractivity contribution in [3.05, 3.63) is 65.7 Å². The summed E-state index contributed by atoms with van der Waals surface area (Å²) in [6.07, 6.45) is 1.31. The number of hydrogen-bond donors (Lipinski definition) is 2. The van der Waals surface area contributed by atoms with Crippen LogP contribution in [0.15, 0.2) is 48.5 Å². The van der Waals surface area contributed by atoms with Crippen LogP contribution in [0.1, 0.15) is 25.3 Å². The van der Waals surface area contributed by atoms with Crippen molar-refractivity contribution < 1.29 is 18.4 Å². The zero-order valence-electron chi connectivity index (χ0n) is 16.3. The van der Waals surface area contributed by atoms with Gasteiger partial charge in [-0.05, 0) is 50.6 Å². The lowest BCUT2D eigenvalue weighted by molar-refractivity contribution is -0.127. The van der Waals surface area contributed by atoms with Crippen molar-refractivity contribution in [3.63, 3.8) is 0 Å². The van der Waals surface area contributed by atoms with Gasteiger partial charge < -0.3 is 10.6 Å². The van der Waals surface area contributed by atoms with E-state index < -0.39 is 17.7 Å². The Bertz CT molecular complexity index is 852. The zero-order valence-corrected chi connectivity index (χ0v) is 16.3. The molecule has 5 nitrogen and oxygen atoms in total. The fourth-order valence-corrected chi connectivity index (χ4v) is 3.47. The van der Waals surface area contributed by atoms with Gasteiger partial charge in [-0.15, -0.1) is 0 Å². The van der Waals surface area contributed by atoms with Gasteiger partial charge in [0.1, 0.15) is 11.6 Å². The summed E-state index contributed by atoms with van der Waals surface area (Å²) in [6, 6.07) is 12.3. The number of amides is 2. The molecule has 2 N–H and O–H groups in total. The molecule has 1 saturated heterocycles. The number of hydrogen-bond acceptors (Lipinski definition) is 3. The van der Waals surface area contributed by atoms with Crippen LogP contribution < -0.4 is 10.6 Å². The molecule has 1 aliphatic rings. The highest BCUT2D eigenvalue weighted by Crippen LogP contribution is 2.21. The first-order valence-electron chi connectivity index (χ1n) is 9.75. The highest BCUT2D eigenvalue weighted by Gasteiger charge is 2.30. The lowest BCUT2D eigenvalue weighted by Crippen LogP contribution is -2.48. The van der Waals surface area contributed by atoms with Gasteiger partial charge in [-0.3, -0.25) is 14.5 Å². The van der Waals surface area contributed by atoms with E-state index in [1.54, 1.807) is 6.92 Å². The van der Waals surface area contributed by atoms with Gasteiger partial charge in [0.05, 0.1) is 11.7 Å². The largest absolute Gasteiger partial charge is 0.352 e. The average Bonchev–Trinajstić information content (AvgIpc) is 2.74. The predicted octanol–water partition coefficient (Wildman–Crippen LogP) is 3.32. The van der Waals surface area contributed by atoms with E-state index in [2.05, 4.69) is 10.6 Å². The smallest absolute Gasteiger partial charge is 0.241 e. The van der Waals surface area contributed by atoms with E-state index in [4.69, 9.17) is 0 Å². The summed E-state index contributed by atoms with van der Waals surface area (Å²) in [5.41, 5.74) is 1.01. The molecule has 2 aromatic rings. The lowest BCUT2D eigenvalue weighted by Gasteiger charge is -2.34. The summed E-state index contributed by atoms with van der Waals surface area (Å²) < 4.78 is 26.7. The van der Waals surface area contributed by atoms with Crippen molar-refractivity contribution in [3.8, 4) is 0 Å². The quantitative estimate of drug-likeness (QED) is 0.781. The minimum Gasteiger partial charge on any atom is -0.352 e. The first-order chi connectivity index (χ1) is 13.9. The number of carbonyl (C=O) groups excluding carboxylic acids is 2. The van der Waals surface area contributed by atoms with E-state index in [1.165, 1.54) is 6.07 Å². The van der Waals surface area contributed by atoms with Gasteiger partial charge in [-0.2, -0.15) is 0 Å². The number of rotatable bonds is 6. The maximum Gasteiger partial charge on any atom is 0.241 e. The molecule has 0 aromatic heterocycles. The number of benzene rings is 2. The standard InChI is InChI=1S/C22H25F2N3O2/c1-15(21(28)26-20-8-7-18(23)13-19(20)24)27-11-9-17(10-12-27)22(29)25-14-16-5-3-2-4-6-16/h2-8,13,15,17H,9-12,14H2,1H3,(H,25,29)(H,26,28)/t15-/m1/s1. The van der Waals surface area contributed by atoms with Crippen LogP contribution in [0, 0.1) is 17.6 Å². The average molecular weight is 401 g/mol. The normalized spacial score (nSPS) is 16.2. The van der Waals surface area contributed by atoms with Crippen LogP contribution in [0.25, 0.3) is 0 Å². The van der Waals surface area contributed by atoms with Crippen LogP contribution in [-0.4, -0.2) is 35.8 Å². The molecule has 154 valence electrons. The number of carbonyl (C=O) groups is 2. The molecule has 0 aliphatic carbocycles. The second-order valence-electron chi connectivity index (χ2n) is 7.30. The van der Waals surface area contributed by atoms with E-state index in [0.717, 1.165) is 17.7 Å². The van der Waals surface area contributed by atoms with E-state index >= 15 is 0 Å². The van der Waals surface area contributed by atoms with Crippen molar-refractivity contribution >= 4 is 17.5 Å². The fraction of sp³-hybridized carbons (Fsp3) is 0.364. The highest BCUT2D eigenvalue weighted by molar-refractivity contribution is 5.94. The predicted molar refractivity (Wildman–Crippen MR) is 107 cm³/mol. The number of halogens is 2. The van der Waals surface area contributed by atoms with Gasteiger partial charge in [0.15, 0.2) is 0 Å². The van der Waals surface area contributed by atoms with Gasteiger partial charge in [0.2, 0.25) is 11.8 Å². The second-order valence-corrected chi connectivity index (χ2v) is 7.30. The molecule has 0 saturated carbocycles. The summed E-state index contributed by atoms with van der Waals surface area (Å²) in [5.74, 6) is -1.92. The molecule has 7 heteroatoms. The molecular formula is C22H25F2N3O2. The third-order valence-corrected chi connectivity index (χ3v) is 5.33. The third-order valence-electron chi connectivity index (χ3n) is 5.33. The first-order valence-corrected chi connectivity index (χ1v) is 9.75. The number of nitrogens with zero attached hydrogens (tertiary/aromatic N) is 1. The Morgan fingerprint density at radius 2 is 1.79 bits per heavy atom. The van der Waals surface area contributed by atoms with Gasteiger partial charge >= 0.3 is 0 Å². The Morgan fingerprint density at radius 3 is 2.45 bits per heavy atom. The fourth-order valence-electron chi connectivity index (χ4n) is 3.47. The molecule has 2 aromatic carbocycles. The number of nitrogens with one attached hydrogen (secondary N) is 2. The molecule has 0 spiro atoms. The van der Waals surface area contributed by atoms with E-state index in [9.17, 15) is 18.4 Å². The van der Waals surface area contributed by atoms with E-state index in [0.29, 0.717) is 32.5 Å². The molecule has 0 bridgehead atoms. The summed E-state index contributed by atoms with van der Waals surface area (Å²) in [5, 5.41) is 5.48. The number of anilines is 1. The molecule has 1 heterocycles. The van der Waals surface area contributed by atoms with Gasteiger partial charge in [-0.1, -0.05) is 30.3 Å². The molecule has 0 radical (unpaired) electrons. The minimum absolute atomic E-state index is 0.0268. The SMILES string of the molecule is C[C@H](C(=O)Nc1ccc(F)cc1F)N1CCC(C(=O)NCc2ccccc2)CC1. The van der Waals surface area contributed by atoms with Crippen LogP contribution >= 0.6 is 0 Å². The van der Waals surface area contributed by atoms with Gasteiger partial charge in [0.25, 0.3) is 0 Å². The molecule has 1 aliphatic heterocycles. The maximum absolute atomic E-state index is 13.7. The molecular weight excluding hydrogens is 376 g/mol. The van der Waals surface area contributed by atoms with Crippen LogP contribution in [0.2, 0.25) is 0 Å². The Balaban J connectivity index is 1.46. The molecule has 2 amide bonds. The molecule has 29 heavy (non-hydrogen) atoms. The monoisotopic (exact) mass is 401 g/mol. The van der Waals surface area contributed by atoms with Crippen LogP contribution in [0.5, 0.6) is 0 Å². The lowest BCUT2D eigenvalue weighted by atomic mass is 9.94. The molecule has 0 unspecified atom stereocenters. The summed E-state index contributed by atoms with van der Waals surface area (Å²) in [7, 11) is 0. The minimum atomic E-state index is -0.806. The zero-order chi connectivity index (χ0) is 20.8. The van der Waals surface area contributed by atoms with E-state index in [1.807, 2.05) is 35.2 Å². The molecule has 1 atom stereocenters. The van der Waals surface area contributed by atoms with Crippen molar-refractivity contribution in [2.75, 3.05) is 18.4 Å². The van der Waals surface area contributed by atoms with Crippen molar-refractivity contribution in [2.45, 2.75) is 32.4 Å². The second kappa shape index (κ2) is 9.60. The van der Waals surface area contributed by atoms with Crippen molar-refractivity contribution in [2.24, 2.45) is 5.92 Å². The number of piperidine rings is 1. The van der Waals surface area contributed by atoms with Gasteiger partial charge in [-0.25, -0.2) is 8.78 Å². The number of likely N-dealkylation sites (tertiary alicyclic amines) is 1. The first kappa shape index (κ1) is 20.9. The van der Waals surface area contributed by atoms with Gasteiger partial charge in [0, 0.05) is 18.5 Å². The van der Waals surface area contributed by atoms with Crippen molar-refractivity contribution in [1.29, 1.82) is 0 Å². The maximum atomic E-state index is 13.7. The Hall–Kier alpha value is -2.80. The molecule has 1 fully saturated rings. The summed E-state index contributed by atoms with van der Waals surface area (Å²) in [6.45, 7) is 3.45. The third kappa shape index (κ3) is 5.60. The van der Waals surface area contributed by atoms with Crippen molar-refractivity contribution in [1.82, 2.24) is 10.2 Å². The summed E-state index contributed by atoms with van der Waals surface area (Å²) in [4.78, 5) is 26.8. The van der Waals surface area contributed by atoms with E-state index in [-0.39, 0.29) is 23.4 Å². The molecule has 3 rings (SSSR count). The summed E-state index contributed by atoms with van der Waals surface area (Å²) >= 11 is 0. The van der Waals surface area contributed by atoms with Crippen LogP contribution in [-0.2, 0) is 16.1 Å².